The molecule has 6 heteroatoms. The van der Waals surface area contributed by atoms with E-state index in [0.717, 1.165) is 44.7 Å². The van der Waals surface area contributed by atoms with E-state index < -0.39 is 0 Å². The minimum absolute atomic E-state index is 0.0258. The number of hydrogen-bond acceptors (Lipinski definition) is 6. The zero-order valence-corrected chi connectivity index (χ0v) is 13.6. The van der Waals surface area contributed by atoms with Crippen molar-refractivity contribution in [3.8, 4) is 0 Å². The molecule has 0 aliphatic carbocycles. The highest BCUT2D eigenvalue weighted by Gasteiger charge is 2.19. The van der Waals surface area contributed by atoms with E-state index in [1.54, 1.807) is 12.2 Å². The number of benzene rings is 1. The van der Waals surface area contributed by atoms with Crippen molar-refractivity contribution in [2.24, 2.45) is 9.98 Å². The first-order valence-electron chi connectivity index (χ1n) is 6.60. The van der Waals surface area contributed by atoms with Gasteiger partial charge in [0, 0.05) is 0 Å². The van der Waals surface area contributed by atoms with Gasteiger partial charge in [0.05, 0.1) is 10.1 Å². The predicted octanol–water partition coefficient (Wildman–Crippen LogP) is 3.75. The van der Waals surface area contributed by atoms with Crippen LogP contribution >= 0.6 is 23.5 Å². The normalized spacial score (nSPS) is 21.7. The first-order valence-corrected chi connectivity index (χ1v) is 8.23. The summed E-state index contributed by atoms with van der Waals surface area (Å²) in [5, 5.41) is 1.48. The summed E-state index contributed by atoms with van der Waals surface area (Å²) in [6, 6.07) is 7.57. The molecule has 2 heterocycles. The summed E-state index contributed by atoms with van der Waals surface area (Å²) in [5.74, 6) is 0. The minimum Gasteiger partial charge on any atom is -0.279 e. The average Bonchev–Trinajstić information content (AvgIpc) is 2.94. The van der Waals surface area contributed by atoms with Crippen molar-refractivity contribution in [1.82, 2.24) is 0 Å². The fourth-order valence-corrected chi connectivity index (χ4v) is 3.28. The molecular weight excluding hydrogens is 316 g/mol. The second kappa shape index (κ2) is 6.06. The van der Waals surface area contributed by atoms with Gasteiger partial charge in [0.1, 0.15) is 11.4 Å². The van der Waals surface area contributed by atoms with Crippen molar-refractivity contribution >= 4 is 56.0 Å². The number of aliphatic imine (C=N–C) groups is 2. The molecule has 0 atom stereocenters. The summed E-state index contributed by atoms with van der Waals surface area (Å²) >= 11 is 2.30. The Morgan fingerprint density at radius 1 is 0.773 bits per heavy atom. The first kappa shape index (κ1) is 15.0. The van der Waals surface area contributed by atoms with E-state index in [1.165, 1.54) is 0 Å². The lowest BCUT2D eigenvalue weighted by molar-refractivity contribution is -0.108. The summed E-state index contributed by atoms with van der Waals surface area (Å²) in [4.78, 5) is 31.7. The third-order valence-electron chi connectivity index (χ3n) is 3.00. The molecule has 3 rings (SSSR count). The van der Waals surface area contributed by atoms with Crippen LogP contribution in [0.15, 0.2) is 45.6 Å². The van der Waals surface area contributed by atoms with Gasteiger partial charge < -0.3 is 0 Å². The van der Waals surface area contributed by atoms with E-state index in [2.05, 4.69) is 9.98 Å². The molecule has 0 bridgehead atoms. The lowest BCUT2D eigenvalue weighted by atomic mass is 10.1. The van der Waals surface area contributed by atoms with Crippen LogP contribution in [0.4, 0.5) is 0 Å². The maximum Gasteiger partial charge on any atom is 0.243 e. The second-order valence-corrected chi connectivity index (χ2v) is 7.10. The second-order valence-electron chi connectivity index (χ2n) is 4.77. The third-order valence-corrected chi connectivity index (χ3v) is 4.56. The monoisotopic (exact) mass is 328 g/mol. The van der Waals surface area contributed by atoms with Crippen LogP contribution in [-0.2, 0) is 9.59 Å². The van der Waals surface area contributed by atoms with Gasteiger partial charge in [0.15, 0.2) is 0 Å². The summed E-state index contributed by atoms with van der Waals surface area (Å²) in [5.41, 5.74) is 2.74. The maximum atomic E-state index is 11.7. The molecule has 0 saturated carbocycles. The molecule has 0 N–H and O–H groups in total. The molecule has 0 spiro atoms. The Kier molecular flexibility index (Phi) is 4.13. The van der Waals surface area contributed by atoms with Crippen molar-refractivity contribution in [1.29, 1.82) is 0 Å². The molecule has 1 aromatic carbocycles. The number of nitrogens with zero attached hydrogens (tertiary/aromatic N) is 2. The van der Waals surface area contributed by atoms with Gasteiger partial charge in [-0.05, 0) is 60.7 Å². The molecule has 0 radical (unpaired) electrons. The van der Waals surface area contributed by atoms with Crippen LogP contribution in [0.5, 0.6) is 0 Å². The molecular formula is C16H12N2O2S2. The molecule has 4 nitrogen and oxygen atoms in total. The molecule has 0 aromatic heterocycles. The van der Waals surface area contributed by atoms with Crippen LogP contribution in [-0.4, -0.2) is 20.3 Å². The lowest BCUT2D eigenvalue weighted by Gasteiger charge is -1.98. The third kappa shape index (κ3) is 3.28. The van der Waals surface area contributed by atoms with Crippen LogP contribution in [0, 0.1) is 0 Å². The topological polar surface area (TPSA) is 58.9 Å². The van der Waals surface area contributed by atoms with Crippen molar-refractivity contribution in [3.63, 3.8) is 0 Å². The summed E-state index contributed by atoms with van der Waals surface area (Å²) in [6.45, 7) is 3.63. The summed E-state index contributed by atoms with van der Waals surface area (Å²) in [7, 11) is 0. The molecule has 110 valence electrons. The molecule has 0 fully saturated rings. The molecule has 22 heavy (non-hydrogen) atoms. The summed E-state index contributed by atoms with van der Waals surface area (Å²) < 4.78 is 0. The van der Waals surface area contributed by atoms with Crippen LogP contribution in [0.2, 0.25) is 0 Å². The average molecular weight is 328 g/mol. The number of rotatable bonds is 2. The van der Waals surface area contributed by atoms with E-state index in [4.69, 9.17) is 0 Å². The van der Waals surface area contributed by atoms with E-state index >= 15 is 0 Å². The van der Waals surface area contributed by atoms with Gasteiger partial charge in [-0.2, -0.15) is 0 Å². The quantitative estimate of drug-likeness (QED) is 0.776. The van der Waals surface area contributed by atoms with Gasteiger partial charge in [0.2, 0.25) is 10.2 Å². The number of hydrogen-bond donors (Lipinski definition) is 0. The standard InChI is InChI=1S/C16H12N2O2S2/c1-9-17-13(15(19)21-9)7-11-3-5-12(6-4-11)8-14-16(20)22-10(2)18-14/h3-8H,1-2H3. The molecule has 0 unspecified atom stereocenters. The van der Waals surface area contributed by atoms with Gasteiger partial charge in [-0.1, -0.05) is 24.3 Å². The Balaban J connectivity index is 1.82. The largest absolute Gasteiger partial charge is 0.279 e. The van der Waals surface area contributed by atoms with E-state index in [0.29, 0.717) is 11.4 Å². The Labute approximate surface area is 136 Å². The fraction of sp³-hybridized carbons (Fsp3) is 0.125. The lowest BCUT2D eigenvalue weighted by Crippen LogP contribution is -1.89. The Hall–Kier alpha value is -1.92. The van der Waals surface area contributed by atoms with Crippen molar-refractivity contribution in [2.75, 3.05) is 0 Å². The van der Waals surface area contributed by atoms with E-state index in [1.807, 2.05) is 38.1 Å². The molecule has 1 aromatic rings. The number of thioether (sulfide) groups is 2. The van der Waals surface area contributed by atoms with Crippen molar-refractivity contribution < 1.29 is 9.59 Å². The predicted molar refractivity (Wildman–Crippen MR) is 93.8 cm³/mol. The van der Waals surface area contributed by atoms with E-state index in [9.17, 15) is 9.59 Å². The minimum atomic E-state index is -0.0258. The molecule has 2 aliphatic heterocycles. The summed E-state index contributed by atoms with van der Waals surface area (Å²) in [6.07, 6.45) is 3.53. The van der Waals surface area contributed by atoms with Crippen LogP contribution in [0.3, 0.4) is 0 Å². The number of carbonyl (C=O) groups excluding carboxylic acids is 2. The highest BCUT2D eigenvalue weighted by Crippen LogP contribution is 2.26. The highest BCUT2D eigenvalue weighted by molar-refractivity contribution is 8.27. The Morgan fingerprint density at radius 3 is 1.41 bits per heavy atom. The van der Waals surface area contributed by atoms with Gasteiger partial charge in [-0.15, -0.1) is 0 Å². The fourth-order valence-electron chi connectivity index (χ4n) is 2.04. The van der Waals surface area contributed by atoms with Gasteiger partial charge >= 0.3 is 0 Å². The van der Waals surface area contributed by atoms with Crippen molar-refractivity contribution in [2.45, 2.75) is 13.8 Å². The van der Waals surface area contributed by atoms with Gasteiger partial charge in [-0.25, -0.2) is 9.98 Å². The first-order chi connectivity index (χ1) is 10.5. The highest BCUT2D eigenvalue weighted by atomic mass is 32.2. The van der Waals surface area contributed by atoms with Crippen molar-refractivity contribution in [3.05, 3.63) is 46.8 Å². The Morgan fingerprint density at radius 2 is 1.14 bits per heavy atom. The van der Waals surface area contributed by atoms with Gasteiger partial charge in [0.25, 0.3) is 0 Å². The molecule has 2 aliphatic rings. The van der Waals surface area contributed by atoms with E-state index in [-0.39, 0.29) is 10.2 Å². The number of carbonyl (C=O) groups is 2. The molecule has 0 saturated heterocycles. The smallest absolute Gasteiger partial charge is 0.243 e. The van der Waals surface area contributed by atoms with Gasteiger partial charge in [-0.3, -0.25) is 9.59 Å². The SMILES string of the molecule is CC1=NC(=Cc2ccc(C=C3N=C(C)SC3=O)cc2)C(=O)S1. The van der Waals surface area contributed by atoms with Crippen LogP contribution < -0.4 is 0 Å². The maximum absolute atomic E-state index is 11.7. The van der Waals surface area contributed by atoms with Crippen LogP contribution in [0.25, 0.3) is 12.2 Å². The van der Waals surface area contributed by atoms with Crippen LogP contribution in [0.1, 0.15) is 25.0 Å². The Bertz CT molecular complexity index is 720. The zero-order valence-electron chi connectivity index (χ0n) is 12.0. The molecule has 0 amide bonds. The zero-order chi connectivity index (χ0) is 15.7.